The highest BCUT2D eigenvalue weighted by atomic mass is 14.3. The highest BCUT2D eigenvalue weighted by molar-refractivity contribution is 6.27. The van der Waals surface area contributed by atoms with E-state index in [0.717, 1.165) is 54.6 Å². The van der Waals surface area contributed by atoms with Gasteiger partial charge in [-0.05, 0) is 113 Å². The lowest BCUT2D eigenvalue weighted by Gasteiger charge is -2.18. The van der Waals surface area contributed by atoms with Gasteiger partial charge in [0.05, 0.1) is 23.3 Å². The number of hydrogen-bond acceptors (Lipinski definition) is 2. The molecule has 0 saturated carbocycles. The average Bonchev–Trinajstić information content (AvgIpc) is 3.40. The van der Waals surface area contributed by atoms with E-state index in [1.54, 1.807) is 0 Å². The first-order valence-electron chi connectivity index (χ1n) is 14.7. The second kappa shape index (κ2) is 9.14. The van der Waals surface area contributed by atoms with Gasteiger partial charge >= 0.3 is 0 Å². The maximum atomic E-state index is 10.1. The Morgan fingerprint density at radius 2 is 0.750 bits per heavy atom. The molecule has 44 heavy (non-hydrogen) atoms. The first kappa shape index (κ1) is 24.4. The van der Waals surface area contributed by atoms with Crippen LogP contribution in [0, 0.1) is 22.7 Å². The lowest BCUT2D eigenvalue weighted by molar-refractivity contribution is 1.48. The lowest BCUT2D eigenvalue weighted by atomic mass is 9.85. The van der Waals surface area contributed by atoms with Crippen LogP contribution in [0.15, 0.2) is 133 Å². The summed E-state index contributed by atoms with van der Waals surface area (Å²) in [5, 5.41) is 29.4. The van der Waals surface area contributed by atoms with Gasteiger partial charge in [-0.1, -0.05) is 97.1 Å². The van der Waals surface area contributed by atoms with Crippen molar-refractivity contribution in [2.75, 3.05) is 0 Å². The van der Waals surface area contributed by atoms with E-state index in [4.69, 9.17) is 0 Å². The molecule has 0 spiro atoms. The Labute approximate surface area is 254 Å². The molecular weight excluding hydrogens is 532 g/mol. The predicted octanol–water partition coefficient (Wildman–Crippen LogP) is 11.0. The van der Waals surface area contributed by atoms with Crippen molar-refractivity contribution in [3.05, 3.63) is 145 Å². The van der Waals surface area contributed by atoms with Gasteiger partial charge in [0.15, 0.2) is 0 Å². The molecule has 9 rings (SSSR count). The monoisotopic (exact) mass is 554 g/mol. The molecule has 8 aromatic carbocycles. The molecule has 0 aromatic heterocycles. The third-order valence-electron chi connectivity index (χ3n) is 9.27. The molecule has 1 aliphatic rings. The summed E-state index contributed by atoms with van der Waals surface area (Å²) in [6, 6.07) is 51.4. The standard InChI is InChI=1S/C42H22N2/c43-23-26-9-1-3-13-28(26)34-19-40-36(31-16-6-5-15-30(31)34)20-35(29-14-4-2-10-27(29)24-44)39-21-37-32-17-7-11-25-12-8-18-33(42(25)32)38(37)22-41(39)40/h1-22H. The number of benzene rings is 8. The molecule has 2 heteroatoms. The molecule has 0 radical (unpaired) electrons. The maximum Gasteiger partial charge on any atom is 0.0998 e. The molecule has 0 fully saturated rings. The zero-order valence-electron chi connectivity index (χ0n) is 23.6. The fourth-order valence-corrected chi connectivity index (χ4v) is 7.36. The van der Waals surface area contributed by atoms with E-state index in [0.29, 0.717) is 11.1 Å². The summed E-state index contributed by atoms with van der Waals surface area (Å²) in [6.45, 7) is 0. The van der Waals surface area contributed by atoms with Crippen LogP contribution in [0.25, 0.3) is 87.6 Å². The molecule has 0 N–H and O–H groups in total. The summed E-state index contributed by atoms with van der Waals surface area (Å²) in [4.78, 5) is 0. The van der Waals surface area contributed by atoms with E-state index in [9.17, 15) is 10.5 Å². The summed E-state index contributed by atoms with van der Waals surface area (Å²) in [6.07, 6.45) is 0. The van der Waals surface area contributed by atoms with Crippen LogP contribution in [0.1, 0.15) is 11.1 Å². The summed E-state index contributed by atoms with van der Waals surface area (Å²) in [5.74, 6) is 0. The highest BCUT2D eigenvalue weighted by Gasteiger charge is 2.24. The average molecular weight is 555 g/mol. The molecule has 0 bridgehead atoms. The summed E-state index contributed by atoms with van der Waals surface area (Å²) >= 11 is 0. The molecule has 2 nitrogen and oxygen atoms in total. The van der Waals surface area contributed by atoms with Crippen LogP contribution < -0.4 is 0 Å². The van der Waals surface area contributed by atoms with Crippen molar-refractivity contribution in [3.8, 4) is 56.6 Å². The minimum absolute atomic E-state index is 0.655. The smallest absolute Gasteiger partial charge is 0.0998 e. The van der Waals surface area contributed by atoms with Crippen LogP contribution in [0.3, 0.4) is 0 Å². The Kier molecular flexibility index (Phi) is 5.06. The van der Waals surface area contributed by atoms with Crippen molar-refractivity contribution in [2.45, 2.75) is 0 Å². The molecule has 0 heterocycles. The van der Waals surface area contributed by atoms with Crippen molar-refractivity contribution in [3.63, 3.8) is 0 Å². The van der Waals surface area contributed by atoms with Crippen LogP contribution >= 0.6 is 0 Å². The van der Waals surface area contributed by atoms with Gasteiger partial charge in [-0.2, -0.15) is 10.5 Å². The molecule has 0 amide bonds. The third-order valence-corrected chi connectivity index (χ3v) is 9.27. The first-order valence-corrected chi connectivity index (χ1v) is 14.7. The van der Waals surface area contributed by atoms with E-state index in [-0.39, 0.29) is 0 Å². The van der Waals surface area contributed by atoms with Gasteiger partial charge < -0.3 is 0 Å². The van der Waals surface area contributed by atoms with Crippen molar-refractivity contribution >= 4 is 43.1 Å². The van der Waals surface area contributed by atoms with Crippen molar-refractivity contribution in [1.82, 2.24) is 0 Å². The topological polar surface area (TPSA) is 47.6 Å². The normalized spacial score (nSPS) is 11.6. The molecule has 0 saturated heterocycles. The van der Waals surface area contributed by atoms with Gasteiger partial charge in [-0.15, -0.1) is 0 Å². The lowest BCUT2D eigenvalue weighted by Crippen LogP contribution is -1.92. The minimum atomic E-state index is 0.655. The van der Waals surface area contributed by atoms with Crippen molar-refractivity contribution < 1.29 is 0 Å². The number of rotatable bonds is 2. The van der Waals surface area contributed by atoms with Gasteiger partial charge in [0.2, 0.25) is 0 Å². The van der Waals surface area contributed by atoms with Gasteiger partial charge in [0, 0.05) is 11.1 Å². The minimum Gasteiger partial charge on any atom is -0.192 e. The Morgan fingerprint density at radius 3 is 1.36 bits per heavy atom. The zero-order valence-corrected chi connectivity index (χ0v) is 23.6. The Balaban J connectivity index is 1.50. The van der Waals surface area contributed by atoms with Crippen molar-refractivity contribution in [1.29, 1.82) is 10.5 Å². The zero-order chi connectivity index (χ0) is 29.4. The molecule has 0 aliphatic heterocycles. The van der Waals surface area contributed by atoms with Gasteiger partial charge in [-0.25, -0.2) is 0 Å². The van der Waals surface area contributed by atoms with Gasteiger partial charge in [0.1, 0.15) is 0 Å². The molecule has 1 aliphatic carbocycles. The van der Waals surface area contributed by atoms with E-state index in [2.05, 4.69) is 103 Å². The molecular formula is C42H22N2. The molecule has 0 atom stereocenters. The largest absolute Gasteiger partial charge is 0.192 e. The third kappa shape index (κ3) is 3.29. The van der Waals surface area contributed by atoms with Crippen LogP contribution in [0.4, 0.5) is 0 Å². The van der Waals surface area contributed by atoms with Gasteiger partial charge in [-0.3, -0.25) is 0 Å². The second-order valence-electron chi connectivity index (χ2n) is 11.5. The Hall–Kier alpha value is -6.22. The van der Waals surface area contributed by atoms with Crippen molar-refractivity contribution in [2.24, 2.45) is 0 Å². The second-order valence-corrected chi connectivity index (χ2v) is 11.5. The van der Waals surface area contributed by atoms with E-state index >= 15 is 0 Å². The summed E-state index contributed by atoms with van der Waals surface area (Å²) in [7, 11) is 0. The fraction of sp³-hybridized carbons (Fsp3) is 0. The number of nitriles is 2. The van der Waals surface area contributed by atoms with E-state index in [1.807, 2.05) is 42.5 Å². The van der Waals surface area contributed by atoms with Gasteiger partial charge in [0.25, 0.3) is 0 Å². The summed E-state index contributed by atoms with van der Waals surface area (Å²) < 4.78 is 0. The molecule has 0 unspecified atom stereocenters. The number of fused-ring (bicyclic) bond motifs is 8. The van der Waals surface area contributed by atoms with E-state index in [1.165, 1.54) is 33.0 Å². The SMILES string of the molecule is N#Cc1ccccc1-c1cc2c3cc4c(cc3c(-c3ccccc3C#N)cc2c2ccccc12)-c1cccc2cccc-4c12. The van der Waals surface area contributed by atoms with Crippen LogP contribution in [0.5, 0.6) is 0 Å². The first-order chi connectivity index (χ1) is 21.7. The Bertz CT molecular complexity index is 2620. The van der Waals surface area contributed by atoms with Crippen LogP contribution in [0.2, 0.25) is 0 Å². The number of hydrogen-bond donors (Lipinski definition) is 0. The quantitative estimate of drug-likeness (QED) is 0.200. The van der Waals surface area contributed by atoms with Crippen LogP contribution in [-0.4, -0.2) is 0 Å². The maximum absolute atomic E-state index is 10.1. The number of nitrogens with zero attached hydrogens (tertiary/aromatic N) is 2. The fourth-order valence-electron chi connectivity index (χ4n) is 7.36. The summed E-state index contributed by atoms with van der Waals surface area (Å²) in [5.41, 5.74) is 10.2. The molecule has 8 aromatic rings. The molecule has 200 valence electrons. The highest BCUT2D eigenvalue weighted by Crippen LogP contribution is 2.51. The Morgan fingerprint density at radius 1 is 0.318 bits per heavy atom. The van der Waals surface area contributed by atoms with E-state index < -0.39 is 0 Å². The predicted molar refractivity (Wildman–Crippen MR) is 181 cm³/mol. The van der Waals surface area contributed by atoms with Crippen LogP contribution in [-0.2, 0) is 0 Å².